The molecule has 0 aliphatic rings. The molecular formula is C37H39BrCl2N2O8. The van der Waals surface area contributed by atoms with E-state index in [9.17, 15) is 19.2 Å². The lowest BCUT2D eigenvalue weighted by atomic mass is 10.1. The number of phenols is 1. The monoisotopic (exact) mass is 788 g/mol. The standard InChI is InChI=1S/C18H18ClNO4.C12H13BrClNO3.C7H8O/c1-13(21)20-11-12-23-18(22)17(14-7-9-15(19)10-8-14)24-16-5-3-2-4-6-16;1-8(16)15-6-7-18-12(17)11(13)9-2-4-10(14)5-3-9;1-6-3-2-4-7(8)5-6/h2-10,17H,11-12H2,1H3,(H,20,21);2-5,11H,6-7H2,1H3,(H,15,16);2-5,8H,1H3. The number of carbonyl (C=O) groups excluding carboxylic acids is 4. The maximum Gasteiger partial charge on any atom is 0.352 e. The Morgan fingerprint density at radius 3 is 1.66 bits per heavy atom. The van der Waals surface area contributed by atoms with Crippen LogP contribution in [0, 0.1) is 6.92 Å². The van der Waals surface area contributed by atoms with E-state index in [1.807, 2.05) is 37.3 Å². The molecule has 4 aromatic carbocycles. The molecule has 0 aliphatic carbocycles. The van der Waals surface area contributed by atoms with Crippen molar-refractivity contribution in [3.63, 3.8) is 0 Å². The number of amides is 2. The number of ether oxygens (including phenoxy) is 3. The summed E-state index contributed by atoms with van der Waals surface area (Å²) in [7, 11) is 0. The molecule has 3 N–H and O–H groups in total. The zero-order chi connectivity index (χ0) is 36.9. The largest absolute Gasteiger partial charge is 0.508 e. The fourth-order valence-corrected chi connectivity index (χ4v) is 4.52. The fraction of sp³-hybridized carbons (Fsp3) is 0.243. The van der Waals surface area contributed by atoms with Gasteiger partial charge in [-0.25, -0.2) is 4.79 Å². The van der Waals surface area contributed by atoms with Crippen molar-refractivity contribution in [1.82, 2.24) is 10.6 Å². The second-order valence-electron chi connectivity index (χ2n) is 10.4. The molecule has 0 saturated carbocycles. The number of nitrogens with one attached hydrogen (secondary N) is 2. The molecule has 0 aliphatic heterocycles. The van der Waals surface area contributed by atoms with Crippen LogP contribution in [0.25, 0.3) is 0 Å². The number of phenolic OH excluding ortho intramolecular Hbond substituents is 1. The molecule has 0 radical (unpaired) electrons. The van der Waals surface area contributed by atoms with E-state index in [0.717, 1.165) is 11.1 Å². The van der Waals surface area contributed by atoms with E-state index >= 15 is 0 Å². The molecule has 266 valence electrons. The van der Waals surface area contributed by atoms with Gasteiger partial charge in [0.1, 0.15) is 29.5 Å². The Hall–Kier alpha value is -4.58. The van der Waals surface area contributed by atoms with Gasteiger partial charge in [0.05, 0.1) is 13.1 Å². The van der Waals surface area contributed by atoms with Crippen molar-refractivity contribution in [3.8, 4) is 11.5 Å². The van der Waals surface area contributed by atoms with Gasteiger partial charge in [0.15, 0.2) is 0 Å². The minimum atomic E-state index is -0.915. The van der Waals surface area contributed by atoms with E-state index in [-0.39, 0.29) is 31.6 Å². The Kier molecular flexibility index (Phi) is 19.1. The first-order chi connectivity index (χ1) is 23.8. The van der Waals surface area contributed by atoms with Gasteiger partial charge < -0.3 is 30.0 Å². The van der Waals surface area contributed by atoms with Crippen molar-refractivity contribution in [3.05, 3.63) is 130 Å². The maximum absolute atomic E-state index is 12.4. The van der Waals surface area contributed by atoms with Crippen LogP contribution in [-0.2, 0) is 28.7 Å². The summed E-state index contributed by atoms with van der Waals surface area (Å²) in [4.78, 5) is 44.9. The van der Waals surface area contributed by atoms with Crippen molar-refractivity contribution in [1.29, 1.82) is 0 Å². The summed E-state index contributed by atoms with van der Waals surface area (Å²) < 4.78 is 16.0. The quantitative estimate of drug-likeness (QED) is 0.0773. The van der Waals surface area contributed by atoms with E-state index < -0.39 is 22.9 Å². The summed E-state index contributed by atoms with van der Waals surface area (Å²) in [5, 5.41) is 15.1. The number of aromatic hydroxyl groups is 1. The molecule has 0 spiro atoms. The van der Waals surface area contributed by atoms with Gasteiger partial charge in [0, 0.05) is 29.5 Å². The maximum atomic E-state index is 12.4. The summed E-state index contributed by atoms with van der Waals surface area (Å²) in [6.45, 7) is 5.52. The number of esters is 2. The summed E-state index contributed by atoms with van der Waals surface area (Å²) >= 11 is 14.9. The third kappa shape index (κ3) is 17.2. The highest BCUT2D eigenvalue weighted by Gasteiger charge is 2.24. The van der Waals surface area contributed by atoms with Gasteiger partial charge in [-0.1, -0.05) is 93.7 Å². The lowest BCUT2D eigenvalue weighted by Crippen LogP contribution is -2.28. The Bertz CT molecular complexity index is 1620. The molecule has 0 fully saturated rings. The third-order valence-corrected chi connectivity index (χ3v) is 7.60. The minimum Gasteiger partial charge on any atom is -0.508 e. The van der Waals surface area contributed by atoms with Crippen LogP contribution >= 0.6 is 39.1 Å². The number of benzene rings is 4. The van der Waals surface area contributed by atoms with Gasteiger partial charge in [0.25, 0.3) is 0 Å². The van der Waals surface area contributed by atoms with Crippen molar-refractivity contribution < 1.29 is 38.5 Å². The normalized spacial score (nSPS) is 11.2. The predicted molar refractivity (Wildman–Crippen MR) is 197 cm³/mol. The molecule has 2 atom stereocenters. The first-order valence-electron chi connectivity index (χ1n) is 15.3. The topological polar surface area (TPSA) is 140 Å². The lowest BCUT2D eigenvalue weighted by Gasteiger charge is -2.18. The van der Waals surface area contributed by atoms with Crippen LogP contribution < -0.4 is 15.4 Å². The van der Waals surface area contributed by atoms with E-state index in [1.54, 1.807) is 72.8 Å². The summed E-state index contributed by atoms with van der Waals surface area (Å²) in [6.07, 6.45) is -0.915. The Morgan fingerprint density at radius 2 is 1.20 bits per heavy atom. The highest BCUT2D eigenvalue weighted by Crippen LogP contribution is 2.26. The van der Waals surface area contributed by atoms with Crippen LogP contribution in [0.4, 0.5) is 0 Å². The number of rotatable bonds is 12. The van der Waals surface area contributed by atoms with Crippen LogP contribution in [0.2, 0.25) is 10.0 Å². The van der Waals surface area contributed by atoms with Crippen molar-refractivity contribution >= 4 is 62.9 Å². The van der Waals surface area contributed by atoms with Gasteiger partial charge in [-0.15, -0.1) is 0 Å². The Morgan fingerprint density at radius 1 is 0.700 bits per heavy atom. The number of carbonyl (C=O) groups is 4. The molecule has 4 rings (SSSR count). The molecule has 2 amide bonds. The van der Waals surface area contributed by atoms with E-state index in [2.05, 4.69) is 26.6 Å². The molecule has 13 heteroatoms. The highest BCUT2D eigenvalue weighted by molar-refractivity contribution is 9.09. The molecule has 4 aromatic rings. The van der Waals surface area contributed by atoms with Crippen LogP contribution in [0.15, 0.2) is 103 Å². The number of hydrogen-bond acceptors (Lipinski definition) is 8. The van der Waals surface area contributed by atoms with Crippen LogP contribution in [0.3, 0.4) is 0 Å². The molecule has 0 heterocycles. The zero-order valence-corrected chi connectivity index (χ0v) is 30.8. The molecule has 0 saturated heterocycles. The van der Waals surface area contributed by atoms with Crippen LogP contribution in [-0.4, -0.2) is 55.2 Å². The van der Waals surface area contributed by atoms with Gasteiger partial charge in [-0.05, 0) is 66.6 Å². The smallest absolute Gasteiger partial charge is 0.352 e. The minimum absolute atomic E-state index is 0.0701. The van der Waals surface area contributed by atoms with Gasteiger partial charge >= 0.3 is 11.9 Å². The van der Waals surface area contributed by atoms with Gasteiger partial charge in [-0.2, -0.15) is 0 Å². The number of alkyl halides is 1. The summed E-state index contributed by atoms with van der Waals surface area (Å²) in [5.74, 6) is -0.379. The van der Waals surface area contributed by atoms with E-state index in [4.69, 9.17) is 42.5 Å². The number of para-hydroxylation sites is 1. The highest BCUT2D eigenvalue weighted by atomic mass is 79.9. The first-order valence-corrected chi connectivity index (χ1v) is 17.0. The third-order valence-electron chi connectivity index (χ3n) is 6.20. The van der Waals surface area contributed by atoms with E-state index in [0.29, 0.717) is 33.7 Å². The molecule has 0 bridgehead atoms. The lowest BCUT2D eigenvalue weighted by molar-refractivity contribution is -0.152. The van der Waals surface area contributed by atoms with Crippen molar-refractivity contribution in [2.75, 3.05) is 26.3 Å². The first kappa shape index (κ1) is 41.6. The Balaban J connectivity index is 0.000000291. The fourth-order valence-electron chi connectivity index (χ4n) is 3.83. The van der Waals surface area contributed by atoms with Gasteiger partial charge in [0.2, 0.25) is 17.9 Å². The molecule has 50 heavy (non-hydrogen) atoms. The summed E-state index contributed by atoms with van der Waals surface area (Å²) in [6, 6.07) is 29.8. The second-order valence-corrected chi connectivity index (χ2v) is 12.2. The summed E-state index contributed by atoms with van der Waals surface area (Å²) in [5.41, 5.74) is 2.49. The van der Waals surface area contributed by atoms with Gasteiger partial charge in [-0.3, -0.25) is 14.4 Å². The van der Waals surface area contributed by atoms with Crippen LogP contribution in [0.5, 0.6) is 11.5 Å². The average molecular weight is 791 g/mol. The number of halogens is 3. The van der Waals surface area contributed by atoms with E-state index in [1.165, 1.54) is 13.8 Å². The van der Waals surface area contributed by atoms with Crippen molar-refractivity contribution in [2.24, 2.45) is 0 Å². The molecule has 2 unspecified atom stereocenters. The SMILES string of the molecule is CC(=O)NCCOC(=O)C(Br)c1ccc(Cl)cc1.CC(=O)NCCOC(=O)C(Oc1ccccc1)c1ccc(Cl)cc1.Cc1cccc(O)c1. The van der Waals surface area contributed by atoms with Crippen molar-refractivity contribution in [2.45, 2.75) is 31.7 Å². The molecular weight excluding hydrogens is 751 g/mol. The zero-order valence-electron chi connectivity index (χ0n) is 27.7. The number of aryl methyl sites for hydroxylation is 1. The number of hydrogen-bond donors (Lipinski definition) is 3. The predicted octanol–water partition coefficient (Wildman–Crippen LogP) is 7.30. The average Bonchev–Trinajstić information content (AvgIpc) is 3.08. The Labute approximate surface area is 310 Å². The van der Waals surface area contributed by atoms with Crippen LogP contribution in [0.1, 0.15) is 41.5 Å². The second kappa shape index (κ2) is 22.9. The molecule has 10 nitrogen and oxygen atoms in total. The molecule has 0 aromatic heterocycles.